The van der Waals surface area contributed by atoms with E-state index in [4.69, 9.17) is 4.52 Å². The van der Waals surface area contributed by atoms with Crippen molar-refractivity contribution >= 4 is 28.3 Å². The lowest BCUT2D eigenvalue weighted by Gasteiger charge is -2.05. The van der Waals surface area contributed by atoms with Crippen LogP contribution in [0.1, 0.15) is 5.69 Å². The van der Waals surface area contributed by atoms with E-state index in [0.29, 0.717) is 16.7 Å². The third kappa shape index (κ3) is 2.76. The van der Waals surface area contributed by atoms with Gasteiger partial charge in [-0.05, 0) is 24.3 Å². The normalized spacial score (nSPS) is 11.6. The number of benzene rings is 2. The van der Waals surface area contributed by atoms with Crippen LogP contribution in [0.15, 0.2) is 64.7 Å². The van der Waals surface area contributed by atoms with Crippen molar-refractivity contribution in [1.29, 1.82) is 5.26 Å². The highest BCUT2D eigenvalue weighted by atomic mass is 16.5. The van der Waals surface area contributed by atoms with E-state index in [1.807, 2.05) is 0 Å². The van der Waals surface area contributed by atoms with E-state index in [9.17, 15) is 15.2 Å². The van der Waals surface area contributed by atoms with Crippen molar-refractivity contribution in [3.63, 3.8) is 0 Å². The minimum absolute atomic E-state index is 0.0559. The second-order valence-electron chi connectivity index (χ2n) is 4.68. The highest BCUT2D eigenvalue weighted by Crippen LogP contribution is 2.25. The molecule has 0 bridgehead atoms. The summed E-state index contributed by atoms with van der Waals surface area (Å²) in [5.74, 6) is -1.24. The SMILES string of the molecule is N#CC(C(=O)Nc1ccccc1)=C(O)c1noc2ccccc12. The molecule has 6 heteroatoms. The molecule has 2 aromatic carbocycles. The molecule has 23 heavy (non-hydrogen) atoms. The van der Waals surface area contributed by atoms with Gasteiger partial charge in [0.1, 0.15) is 6.07 Å². The van der Waals surface area contributed by atoms with Crippen LogP contribution in [-0.4, -0.2) is 16.2 Å². The first-order valence-electron chi connectivity index (χ1n) is 6.75. The number of hydrogen-bond acceptors (Lipinski definition) is 5. The highest BCUT2D eigenvalue weighted by molar-refractivity contribution is 6.11. The quantitative estimate of drug-likeness (QED) is 0.439. The number of nitrogens with one attached hydrogen (secondary N) is 1. The average Bonchev–Trinajstić information content (AvgIpc) is 3.00. The van der Waals surface area contributed by atoms with Crippen molar-refractivity contribution in [3.05, 3.63) is 65.9 Å². The van der Waals surface area contributed by atoms with Gasteiger partial charge in [0.25, 0.3) is 5.91 Å². The Labute approximate surface area is 131 Å². The zero-order valence-corrected chi connectivity index (χ0v) is 11.9. The first kappa shape index (κ1) is 14.4. The molecule has 0 unspecified atom stereocenters. The van der Waals surface area contributed by atoms with Crippen LogP contribution in [0.25, 0.3) is 16.7 Å². The molecule has 3 aromatic rings. The number of para-hydroxylation sites is 2. The first-order valence-corrected chi connectivity index (χ1v) is 6.75. The second kappa shape index (κ2) is 6.03. The number of aliphatic hydroxyl groups is 1. The molecule has 0 aliphatic rings. The third-order valence-corrected chi connectivity index (χ3v) is 3.21. The molecule has 0 saturated heterocycles. The molecule has 0 aliphatic carbocycles. The van der Waals surface area contributed by atoms with Gasteiger partial charge in [0.05, 0.1) is 5.39 Å². The Kier molecular flexibility index (Phi) is 3.77. The van der Waals surface area contributed by atoms with Gasteiger partial charge in [-0.3, -0.25) is 4.79 Å². The Balaban J connectivity index is 1.99. The number of fused-ring (bicyclic) bond motifs is 1. The van der Waals surface area contributed by atoms with Crippen LogP contribution in [0.3, 0.4) is 0 Å². The molecule has 3 rings (SSSR count). The van der Waals surface area contributed by atoms with Crippen LogP contribution in [0.5, 0.6) is 0 Å². The lowest BCUT2D eigenvalue weighted by molar-refractivity contribution is -0.112. The Morgan fingerprint density at radius 2 is 1.83 bits per heavy atom. The Morgan fingerprint density at radius 1 is 1.13 bits per heavy atom. The predicted octanol–water partition coefficient (Wildman–Crippen LogP) is 3.26. The molecule has 1 aromatic heterocycles. The van der Waals surface area contributed by atoms with Gasteiger partial charge < -0.3 is 14.9 Å². The fraction of sp³-hybridized carbons (Fsp3) is 0. The maximum absolute atomic E-state index is 12.2. The number of aliphatic hydroxyl groups excluding tert-OH is 1. The summed E-state index contributed by atoms with van der Waals surface area (Å²) in [6.07, 6.45) is 0. The van der Waals surface area contributed by atoms with Gasteiger partial charge in [-0.15, -0.1) is 0 Å². The number of nitriles is 1. The lowest BCUT2D eigenvalue weighted by atomic mass is 10.1. The van der Waals surface area contributed by atoms with E-state index in [1.54, 1.807) is 60.7 Å². The zero-order valence-electron chi connectivity index (χ0n) is 11.9. The van der Waals surface area contributed by atoms with Crippen LogP contribution in [0.2, 0.25) is 0 Å². The van der Waals surface area contributed by atoms with Gasteiger partial charge in [0.2, 0.25) is 0 Å². The van der Waals surface area contributed by atoms with Gasteiger partial charge in [0, 0.05) is 5.69 Å². The highest BCUT2D eigenvalue weighted by Gasteiger charge is 2.21. The van der Waals surface area contributed by atoms with E-state index in [-0.39, 0.29) is 5.69 Å². The molecule has 6 nitrogen and oxygen atoms in total. The van der Waals surface area contributed by atoms with Crippen LogP contribution in [-0.2, 0) is 4.79 Å². The molecule has 0 radical (unpaired) electrons. The number of rotatable bonds is 3. The van der Waals surface area contributed by atoms with E-state index in [1.165, 1.54) is 0 Å². The second-order valence-corrected chi connectivity index (χ2v) is 4.68. The molecule has 0 spiro atoms. The minimum Gasteiger partial charge on any atom is -0.504 e. The van der Waals surface area contributed by atoms with Gasteiger partial charge in [-0.25, -0.2) is 0 Å². The van der Waals surface area contributed by atoms with E-state index >= 15 is 0 Å². The van der Waals surface area contributed by atoms with E-state index in [0.717, 1.165) is 0 Å². The van der Waals surface area contributed by atoms with E-state index < -0.39 is 17.2 Å². The van der Waals surface area contributed by atoms with Gasteiger partial charge in [0.15, 0.2) is 22.6 Å². The molecular formula is C17H11N3O3. The summed E-state index contributed by atoms with van der Waals surface area (Å²) in [6, 6.07) is 17.2. The molecular weight excluding hydrogens is 294 g/mol. The summed E-state index contributed by atoms with van der Waals surface area (Å²) < 4.78 is 5.08. The van der Waals surface area contributed by atoms with Crippen LogP contribution < -0.4 is 5.32 Å². The van der Waals surface area contributed by atoms with Gasteiger partial charge in [-0.2, -0.15) is 5.26 Å². The molecule has 1 amide bonds. The van der Waals surface area contributed by atoms with Crippen molar-refractivity contribution in [2.24, 2.45) is 0 Å². The first-order chi connectivity index (χ1) is 11.2. The van der Waals surface area contributed by atoms with Crippen molar-refractivity contribution in [1.82, 2.24) is 5.16 Å². The zero-order chi connectivity index (χ0) is 16.2. The molecule has 112 valence electrons. The number of anilines is 1. The summed E-state index contributed by atoms with van der Waals surface area (Å²) in [6.45, 7) is 0. The molecule has 0 saturated carbocycles. The Hall–Kier alpha value is -3.59. The number of hydrogen-bond donors (Lipinski definition) is 2. The smallest absolute Gasteiger partial charge is 0.270 e. The minimum atomic E-state index is -0.719. The lowest BCUT2D eigenvalue weighted by Crippen LogP contribution is -2.15. The number of carbonyl (C=O) groups excluding carboxylic acids is 1. The summed E-state index contributed by atoms with van der Waals surface area (Å²) in [5, 5.41) is 26.3. The van der Waals surface area contributed by atoms with Gasteiger partial charge >= 0.3 is 0 Å². The summed E-state index contributed by atoms with van der Waals surface area (Å²) in [4.78, 5) is 12.2. The number of aromatic nitrogens is 1. The topological polar surface area (TPSA) is 99.2 Å². The van der Waals surface area contributed by atoms with Crippen LogP contribution >= 0.6 is 0 Å². The maximum atomic E-state index is 12.2. The largest absolute Gasteiger partial charge is 0.504 e. The Morgan fingerprint density at radius 3 is 2.57 bits per heavy atom. The predicted molar refractivity (Wildman–Crippen MR) is 84.2 cm³/mol. The van der Waals surface area contributed by atoms with Crippen LogP contribution in [0.4, 0.5) is 5.69 Å². The van der Waals surface area contributed by atoms with Gasteiger partial charge in [-0.1, -0.05) is 35.5 Å². The molecule has 0 atom stereocenters. The fourth-order valence-corrected chi connectivity index (χ4v) is 2.10. The number of carbonyl (C=O) groups is 1. The molecule has 2 N–H and O–H groups in total. The van der Waals surface area contributed by atoms with Crippen LogP contribution in [0, 0.1) is 11.3 Å². The fourth-order valence-electron chi connectivity index (χ4n) is 2.10. The third-order valence-electron chi connectivity index (χ3n) is 3.21. The van der Waals surface area contributed by atoms with Crippen molar-refractivity contribution in [2.75, 3.05) is 5.32 Å². The summed E-state index contributed by atoms with van der Waals surface area (Å²) >= 11 is 0. The number of nitrogens with zero attached hydrogens (tertiary/aromatic N) is 2. The van der Waals surface area contributed by atoms with Crippen molar-refractivity contribution in [3.8, 4) is 6.07 Å². The summed E-state index contributed by atoms with van der Waals surface area (Å²) in [5.41, 5.74) is 0.589. The Bertz CT molecular complexity index is 936. The molecule has 0 aliphatic heterocycles. The van der Waals surface area contributed by atoms with Crippen molar-refractivity contribution in [2.45, 2.75) is 0 Å². The monoisotopic (exact) mass is 305 g/mol. The standard InChI is InChI=1S/C17H11N3O3/c18-10-13(17(22)19-11-6-2-1-3-7-11)16(21)15-12-8-4-5-9-14(12)23-20-15/h1-9,21H,(H,19,22). The summed E-state index contributed by atoms with van der Waals surface area (Å²) in [7, 11) is 0. The number of amides is 1. The van der Waals surface area contributed by atoms with E-state index in [2.05, 4.69) is 10.5 Å². The maximum Gasteiger partial charge on any atom is 0.270 e. The average molecular weight is 305 g/mol. The molecule has 0 fully saturated rings. The van der Waals surface area contributed by atoms with Crippen molar-refractivity contribution < 1.29 is 14.4 Å². The molecule has 1 heterocycles.